The van der Waals surface area contributed by atoms with Crippen LogP contribution in [0.15, 0.2) is 36.4 Å². The number of benzene rings is 1. The molecule has 1 aromatic rings. The molecule has 176 valence electrons. The monoisotopic (exact) mass is 436 g/mol. The van der Waals surface area contributed by atoms with Crippen LogP contribution in [0.5, 0.6) is 11.5 Å². The van der Waals surface area contributed by atoms with Crippen LogP contribution in [0, 0.1) is 35.5 Å². The van der Waals surface area contributed by atoms with Gasteiger partial charge in [-0.05, 0) is 106 Å². The van der Waals surface area contributed by atoms with Crippen molar-refractivity contribution < 1.29 is 9.47 Å². The third-order valence-corrected chi connectivity index (χ3v) is 7.31. The van der Waals surface area contributed by atoms with E-state index in [1.807, 2.05) is 31.2 Å². The second kappa shape index (κ2) is 14.3. The molecule has 0 unspecified atom stereocenters. The Hall–Kier alpha value is -1.88. The van der Waals surface area contributed by atoms with E-state index in [4.69, 9.17) is 9.47 Å². The number of hydrogen-bond donors (Lipinski definition) is 0. The number of hydrogen-bond acceptors (Lipinski definition) is 2. The zero-order valence-electron chi connectivity index (χ0n) is 20.5. The highest BCUT2D eigenvalue weighted by atomic mass is 16.5. The van der Waals surface area contributed by atoms with E-state index in [2.05, 4.69) is 30.9 Å². The lowest BCUT2D eigenvalue weighted by Crippen LogP contribution is -2.19. The van der Waals surface area contributed by atoms with Crippen LogP contribution >= 0.6 is 0 Å². The van der Waals surface area contributed by atoms with Crippen LogP contribution in [0.3, 0.4) is 0 Å². The average Bonchev–Trinajstić information content (AvgIpc) is 2.83. The molecular weight excluding hydrogens is 392 g/mol. The van der Waals surface area contributed by atoms with Crippen molar-refractivity contribution in [3.63, 3.8) is 0 Å². The predicted octanol–water partition coefficient (Wildman–Crippen LogP) is 8.22. The molecule has 0 radical (unpaired) electrons. The fraction of sp³-hybridized carbons (Fsp3) is 0.667. The minimum atomic E-state index is 0.565. The third-order valence-electron chi connectivity index (χ3n) is 7.31. The minimum Gasteiger partial charge on any atom is -0.494 e. The molecule has 0 bridgehead atoms. The standard InChI is InChI=1S/C30H44O2/c1-3-5-6-9-25-12-14-26(15-13-25)10-7-8-11-27-16-18-28(19-17-27)24-32-30-22-20-29(21-23-30)31-4-2/h7,10,20-23,25-28H,3-6,9,12-19,24H2,1-2H3/b10-7+/t25-,26-,27-,28-. The largest absolute Gasteiger partial charge is 0.494 e. The van der Waals surface area contributed by atoms with Gasteiger partial charge in [0.25, 0.3) is 0 Å². The van der Waals surface area contributed by atoms with E-state index >= 15 is 0 Å². The van der Waals surface area contributed by atoms with Crippen LogP contribution in [0.1, 0.15) is 90.9 Å². The summed E-state index contributed by atoms with van der Waals surface area (Å²) in [5.74, 6) is 11.7. The summed E-state index contributed by atoms with van der Waals surface area (Å²) in [5.41, 5.74) is 0. The molecule has 0 atom stereocenters. The highest BCUT2D eigenvalue weighted by Gasteiger charge is 2.21. The van der Waals surface area contributed by atoms with Gasteiger partial charge in [0.2, 0.25) is 0 Å². The molecule has 2 aliphatic rings. The van der Waals surface area contributed by atoms with Crippen molar-refractivity contribution in [1.82, 2.24) is 0 Å². The van der Waals surface area contributed by atoms with Crippen molar-refractivity contribution in [2.45, 2.75) is 90.9 Å². The van der Waals surface area contributed by atoms with Gasteiger partial charge in [0, 0.05) is 5.92 Å². The van der Waals surface area contributed by atoms with Gasteiger partial charge < -0.3 is 9.47 Å². The Morgan fingerprint density at radius 2 is 1.47 bits per heavy atom. The van der Waals surface area contributed by atoms with Crippen LogP contribution in [-0.2, 0) is 0 Å². The molecule has 3 rings (SSSR count). The van der Waals surface area contributed by atoms with Gasteiger partial charge in [-0.3, -0.25) is 0 Å². The summed E-state index contributed by atoms with van der Waals surface area (Å²) >= 11 is 0. The SMILES string of the molecule is CCCCC[C@H]1CC[C@H](/C=C/C#C[C@H]2CC[C@H](COc3ccc(OCC)cc3)CC2)CC1. The summed E-state index contributed by atoms with van der Waals surface area (Å²) < 4.78 is 11.5. The maximum atomic E-state index is 6.01. The smallest absolute Gasteiger partial charge is 0.119 e. The van der Waals surface area contributed by atoms with E-state index in [9.17, 15) is 0 Å². The highest BCUT2D eigenvalue weighted by molar-refractivity contribution is 5.31. The van der Waals surface area contributed by atoms with Crippen LogP contribution in [-0.4, -0.2) is 13.2 Å². The Bertz CT molecular complexity index is 707. The number of rotatable bonds is 10. The van der Waals surface area contributed by atoms with Crippen molar-refractivity contribution in [1.29, 1.82) is 0 Å². The van der Waals surface area contributed by atoms with Crippen molar-refractivity contribution in [2.24, 2.45) is 23.7 Å². The molecule has 0 aliphatic heterocycles. The molecular formula is C30H44O2. The normalized spacial score (nSPS) is 25.8. The van der Waals surface area contributed by atoms with Gasteiger partial charge in [-0.1, -0.05) is 50.5 Å². The summed E-state index contributed by atoms with van der Waals surface area (Å²) in [6.07, 6.45) is 20.7. The molecule has 0 aromatic heterocycles. The lowest BCUT2D eigenvalue weighted by atomic mass is 9.79. The first-order valence-electron chi connectivity index (χ1n) is 13.3. The molecule has 2 saturated carbocycles. The van der Waals surface area contributed by atoms with E-state index in [-0.39, 0.29) is 0 Å². The van der Waals surface area contributed by atoms with E-state index in [0.717, 1.165) is 29.9 Å². The lowest BCUT2D eigenvalue weighted by Gasteiger charge is -2.26. The van der Waals surface area contributed by atoms with Crippen LogP contribution < -0.4 is 9.47 Å². The predicted molar refractivity (Wildman–Crippen MR) is 135 cm³/mol. The Labute approximate surface area is 197 Å². The summed E-state index contributed by atoms with van der Waals surface area (Å²) in [4.78, 5) is 0. The first kappa shape index (κ1) is 24.8. The Kier molecular flexibility index (Phi) is 11.1. The molecule has 0 spiro atoms. The van der Waals surface area contributed by atoms with E-state index in [1.54, 1.807) is 0 Å². The molecule has 0 amide bonds. The van der Waals surface area contributed by atoms with Gasteiger partial charge in [-0.2, -0.15) is 0 Å². The van der Waals surface area contributed by atoms with Crippen molar-refractivity contribution in [3.05, 3.63) is 36.4 Å². The maximum absolute atomic E-state index is 6.01. The first-order chi connectivity index (χ1) is 15.8. The molecule has 2 nitrogen and oxygen atoms in total. The molecule has 0 N–H and O–H groups in total. The topological polar surface area (TPSA) is 18.5 Å². The molecule has 1 aromatic carbocycles. The van der Waals surface area contributed by atoms with Crippen molar-refractivity contribution in [3.8, 4) is 23.3 Å². The molecule has 0 saturated heterocycles. The lowest BCUT2D eigenvalue weighted by molar-refractivity contribution is 0.196. The Balaban J connectivity index is 1.28. The van der Waals surface area contributed by atoms with Gasteiger partial charge in [-0.15, -0.1) is 0 Å². The molecule has 2 aliphatic carbocycles. The summed E-state index contributed by atoms with van der Waals surface area (Å²) in [6, 6.07) is 7.98. The quantitative estimate of drug-likeness (QED) is 0.272. The average molecular weight is 437 g/mol. The minimum absolute atomic E-state index is 0.565. The maximum Gasteiger partial charge on any atom is 0.119 e. The van der Waals surface area contributed by atoms with Crippen LogP contribution in [0.2, 0.25) is 0 Å². The van der Waals surface area contributed by atoms with Gasteiger partial charge in [0.15, 0.2) is 0 Å². The zero-order valence-corrected chi connectivity index (χ0v) is 20.5. The molecule has 0 heterocycles. The molecule has 2 heteroatoms. The molecule has 32 heavy (non-hydrogen) atoms. The number of ether oxygens (including phenoxy) is 2. The van der Waals surface area contributed by atoms with Gasteiger partial charge >= 0.3 is 0 Å². The van der Waals surface area contributed by atoms with Gasteiger partial charge in [0.05, 0.1) is 13.2 Å². The van der Waals surface area contributed by atoms with Gasteiger partial charge in [0.1, 0.15) is 11.5 Å². The fourth-order valence-corrected chi connectivity index (χ4v) is 5.19. The zero-order chi connectivity index (χ0) is 22.4. The van der Waals surface area contributed by atoms with Crippen LogP contribution in [0.4, 0.5) is 0 Å². The fourth-order valence-electron chi connectivity index (χ4n) is 5.19. The highest BCUT2D eigenvalue weighted by Crippen LogP contribution is 2.33. The first-order valence-corrected chi connectivity index (χ1v) is 13.3. The second-order valence-electron chi connectivity index (χ2n) is 9.86. The summed E-state index contributed by atoms with van der Waals surface area (Å²) in [7, 11) is 0. The number of allylic oxidation sites excluding steroid dienone is 2. The van der Waals surface area contributed by atoms with Gasteiger partial charge in [-0.25, -0.2) is 0 Å². The van der Waals surface area contributed by atoms with Crippen LogP contribution in [0.25, 0.3) is 0 Å². The number of unbranched alkanes of at least 4 members (excludes halogenated alkanes) is 2. The molecule has 2 fully saturated rings. The summed E-state index contributed by atoms with van der Waals surface area (Å²) in [5, 5.41) is 0. The van der Waals surface area contributed by atoms with Crippen molar-refractivity contribution >= 4 is 0 Å². The Morgan fingerprint density at radius 1 is 0.812 bits per heavy atom. The summed E-state index contributed by atoms with van der Waals surface area (Å²) in [6.45, 7) is 5.81. The van der Waals surface area contributed by atoms with E-state index < -0.39 is 0 Å². The van der Waals surface area contributed by atoms with E-state index in [1.165, 1.54) is 77.0 Å². The second-order valence-corrected chi connectivity index (χ2v) is 9.86. The Morgan fingerprint density at radius 3 is 2.12 bits per heavy atom. The third kappa shape index (κ3) is 8.93. The van der Waals surface area contributed by atoms with Crippen molar-refractivity contribution in [2.75, 3.05) is 13.2 Å². The van der Waals surface area contributed by atoms with E-state index in [0.29, 0.717) is 18.4 Å².